The number of imidazole rings is 1. The van der Waals surface area contributed by atoms with E-state index in [4.69, 9.17) is 0 Å². The van der Waals surface area contributed by atoms with Crippen LogP contribution < -0.4 is 5.32 Å². The van der Waals surface area contributed by atoms with Crippen molar-refractivity contribution in [1.29, 1.82) is 0 Å². The largest absolute Gasteiger partial charge is 0.323 e. The van der Waals surface area contributed by atoms with E-state index in [1.807, 2.05) is 20.2 Å². The third kappa shape index (κ3) is 2.52. The molecule has 0 atom stereocenters. The van der Waals surface area contributed by atoms with Gasteiger partial charge >= 0.3 is 0 Å². The summed E-state index contributed by atoms with van der Waals surface area (Å²) < 4.78 is 3.95. The van der Waals surface area contributed by atoms with Crippen molar-refractivity contribution in [3.63, 3.8) is 0 Å². The predicted molar refractivity (Wildman–Crippen MR) is 64.4 cm³/mol. The van der Waals surface area contributed by atoms with Gasteiger partial charge in [0, 0.05) is 19.8 Å². The molecule has 0 amide bonds. The molecule has 0 aliphatic carbocycles. The lowest BCUT2D eigenvalue weighted by molar-refractivity contribution is 0.603. The van der Waals surface area contributed by atoms with E-state index in [9.17, 15) is 0 Å². The predicted octanol–water partition coefficient (Wildman–Crippen LogP) is 0.478. The van der Waals surface area contributed by atoms with Crippen LogP contribution in [-0.2, 0) is 20.1 Å². The van der Waals surface area contributed by atoms with E-state index in [1.54, 1.807) is 11.0 Å². The van der Waals surface area contributed by atoms with E-state index in [2.05, 4.69) is 31.9 Å². The molecular formula is C11H18N6. The molecule has 6 heteroatoms. The summed E-state index contributed by atoms with van der Waals surface area (Å²) >= 11 is 0. The lowest BCUT2D eigenvalue weighted by Gasteiger charge is -2.09. The zero-order valence-corrected chi connectivity index (χ0v) is 10.5. The number of nitrogens with zero attached hydrogens (tertiary/aromatic N) is 5. The fraction of sp³-hybridized carbons (Fsp3) is 0.545. The number of aryl methyl sites for hydroxylation is 2. The first kappa shape index (κ1) is 11.8. The van der Waals surface area contributed by atoms with Gasteiger partial charge in [0.1, 0.15) is 18.0 Å². The molecule has 0 unspecified atom stereocenters. The molecule has 0 radical (unpaired) electrons. The minimum atomic E-state index is 0.711. The van der Waals surface area contributed by atoms with E-state index in [0.29, 0.717) is 6.54 Å². The van der Waals surface area contributed by atoms with Gasteiger partial charge in [0.25, 0.3) is 0 Å². The first-order valence-corrected chi connectivity index (χ1v) is 5.77. The van der Waals surface area contributed by atoms with Crippen molar-refractivity contribution in [3.05, 3.63) is 29.9 Å². The maximum absolute atomic E-state index is 4.35. The van der Waals surface area contributed by atoms with Gasteiger partial charge < -0.3 is 9.88 Å². The molecule has 2 aromatic heterocycles. The van der Waals surface area contributed by atoms with Gasteiger partial charge in [-0.3, -0.25) is 4.68 Å². The van der Waals surface area contributed by atoms with Crippen molar-refractivity contribution >= 4 is 0 Å². The van der Waals surface area contributed by atoms with Crippen LogP contribution in [0.5, 0.6) is 0 Å². The molecule has 2 aromatic rings. The Bertz CT molecular complexity index is 484. The minimum absolute atomic E-state index is 0.711. The Morgan fingerprint density at radius 3 is 2.82 bits per heavy atom. The summed E-state index contributed by atoms with van der Waals surface area (Å²) in [5, 5.41) is 7.38. The first-order valence-electron chi connectivity index (χ1n) is 5.77. The van der Waals surface area contributed by atoms with E-state index < -0.39 is 0 Å². The summed E-state index contributed by atoms with van der Waals surface area (Å²) in [6, 6.07) is 0. The van der Waals surface area contributed by atoms with Crippen LogP contribution in [-0.4, -0.2) is 30.9 Å². The van der Waals surface area contributed by atoms with Crippen molar-refractivity contribution in [2.75, 3.05) is 6.54 Å². The molecule has 17 heavy (non-hydrogen) atoms. The summed E-state index contributed by atoms with van der Waals surface area (Å²) in [7, 11) is 1.90. The smallest absolute Gasteiger partial charge is 0.146 e. The second-order valence-corrected chi connectivity index (χ2v) is 3.96. The maximum Gasteiger partial charge on any atom is 0.146 e. The molecule has 2 heterocycles. The Balaban J connectivity index is 2.19. The van der Waals surface area contributed by atoms with Crippen molar-refractivity contribution in [2.24, 2.45) is 7.05 Å². The van der Waals surface area contributed by atoms with Crippen LogP contribution in [0.1, 0.15) is 24.3 Å². The van der Waals surface area contributed by atoms with Gasteiger partial charge in [-0.15, -0.1) is 0 Å². The van der Waals surface area contributed by atoms with Gasteiger partial charge in [-0.1, -0.05) is 6.92 Å². The van der Waals surface area contributed by atoms with E-state index >= 15 is 0 Å². The fourth-order valence-electron chi connectivity index (χ4n) is 1.73. The molecule has 0 bridgehead atoms. The average Bonchev–Trinajstić information content (AvgIpc) is 2.86. The standard InChI is InChI=1S/C11H18N6/c1-4-12-5-10-6-13-9(2)17(10)7-11-14-8-15-16(11)3/h6,8,12H,4-5,7H2,1-3H3. The van der Waals surface area contributed by atoms with Crippen LogP contribution in [0, 0.1) is 6.92 Å². The normalized spacial score (nSPS) is 11.0. The summed E-state index contributed by atoms with van der Waals surface area (Å²) in [4.78, 5) is 8.58. The number of hydrogen-bond donors (Lipinski definition) is 1. The number of aromatic nitrogens is 5. The maximum atomic E-state index is 4.35. The Kier molecular flexibility index (Phi) is 3.53. The summed E-state index contributed by atoms with van der Waals surface area (Å²) in [5.41, 5.74) is 1.17. The molecular weight excluding hydrogens is 216 g/mol. The SMILES string of the molecule is CCNCc1cnc(C)n1Cc1ncnn1C. The highest BCUT2D eigenvalue weighted by Gasteiger charge is 2.09. The molecule has 1 N–H and O–H groups in total. The van der Waals surface area contributed by atoms with Crippen molar-refractivity contribution < 1.29 is 0 Å². The van der Waals surface area contributed by atoms with Crippen molar-refractivity contribution in [2.45, 2.75) is 26.9 Å². The van der Waals surface area contributed by atoms with Crippen LogP contribution >= 0.6 is 0 Å². The zero-order valence-electron chi connectivity index (χ0n) is 10.5. The van der Waals surface area contributed by atoms with Crippen molar-refractivity contribution in [1.82, 2.24) is 29.6 Å². The molecule has 0 saturated carbocycles. The Morgan fingerprint density at radius 1 is 1.35 bits per heavy atom. The summed E-state index contributed by atoms with van der Waals surface area (Å²) in [6.07, 6.45) is 3.49. The van der Waals surface area contributed by atoms with Crippen LogP contribution in [0.2, 0.25) is 0 Å². The van der Waals surface area contributed by atoms with Gasteiger partial charge in [-0.25, -0.2) is 9.97 Å². The van der Waals surface area contributed by atoms with Gasteiger partial charge in [-0.05, 0) is 13.5 Å². The third-order valence-corrected chi connectivity index (χ3v) is 2.80. The Labute approximate surface area is 101 Å². The number of rotatable bonds is 5. The summed E-state index contributed by atoms with van der Waals surface area (Å²) in [5.74, 6) is 1.93. The molecule has 2 rings (SSSR count). The van der Waals surface area contributed by atoms with Crippen LogP contribution in [0.15, 0.2) is 12.5 Å². The van der Waals surface area contributed by atoms with E-state index in [0.717, 1.165) is 24.7 Å². The molecule has 92 valence electrons. The highest BCUT2D eigenvalue weighted by molar-refractivity contribution is 5.06. The summed E-state index contributed by atoms with van der Waals surface area (Å²) in [6.45, 7) is 6.59. The van der Waals surface area contributed by atoms with E-state index in [-0.39, 0.29) is 0 Å². The first-order chi connectivity index (χ1) is 8.22. The molecule has 0 fully saturated rings. The minimum Gasteiger partial charge on any atom is -0.323 e. The highest BCUT2D eigenvalue weighted by atomic mass is 15.3. The lowest BCUT2D eigenvalue weighted by atomic mass is 10.4. The Hall–Kier alpha value is -1.69. The molecule has 6 nitrogen and oxygen atoms in total. The van der Waals surface area contributed by atoms with Crippen molar-refractivity contribution in [3.8, 4) is 0 Å². The average molecular weight is 234 g/mol. The zero-order chi connectivity index (χ0) is 12.3. The second kappa shape index (κ2) is 5.09. The topological polar surface area (TPSA) is 60.6 Å². The lowest BCUT2D eigenvalue weighted by Crippen LogP contribution is -2.17. The van der Waals surface area contributed by atoms with Crippen LogP contribution in [0.4, 0.5) is 0 Å². The van der Waals surface area contributed by atoms with Gasteiger partial charge in [0.2, 0.25) is 0 Å². The number of hydrogen-bond acceptors (Lipinski definition) is 4. The second-order valence-electron chi connectivity index (χ2n) is 3.96. The quantitative estimate of drug-likeness (QED) is 0.817. The molecule has 0 spiro atoms. The molecule has 0 aliphatic rings. The fourth-order valence-corrected chi connectivity index (χ4v) is 1.73. The van der Waals surface area contributed by atoms with Gasteiger partial charge in [-0.2, -0.15) is 5.10 Å². The monoisotopic (exact) mass is 234 g/mol. The Morgan fingerprint density at radius 2 is 2.18 bits per heavy atom. The van der Waals surface area contributed by atoms with Gasteiger partial charge in [0.05, 0.1) is 12.2 Å². The molecule has 0 aliphatic heterocycles. The third-order valence-electron chi connectivity index (χ3n) is 2.80. The van der Waals surface area contributed by atoms with E-state index in [1.165, 1.54) is 5.69 Å². The molecule has 0 saturated heterocycles. The van der Waals surface area contributed by atoms with Crippen LogP contribution in [0.3, 0.4) is 0 Å². The number of nitrogens with one attached hydrogen (secondary N) is 1. The van der Waals surface area contributed by atoms with Crippen LogP contribution in [0.25, 0.3) is 0 Å². The van der Waals surface area contributed by atoms with Gasteiger partial charge in [0.15, 0.2) is 0 Å². The molecule has 0 aromatic carbocycles. The highest BCUT2D eigenvalue weighted by Crippen LogP contribution is 2.07.